The molecule has 0 aromatic heterocycles. The molecule has 2 aromatic carbocycles. The standard InChI is InChI=1S/C17H14FN3O4/c1-9(22)19-12-4-2-3-10(5-12)17(24)21-14-7-11(18)6-13-16(14)25-8-15(23)20-13/h2-7H,8H2,1H3,(H,19,22)(H,20,23)(H,21,24). The molecule has 0 radical (unpaired) electrons. The molecule has 0 aliphatic carbocycles. The molecule has 0 atom stereocenters. The highest BCUT2D eigenvalue weighted by molar-refractivity contribution is 6.07. The topological polar surface area (TPSA) is 96.5 Å². The Hall–Kier alpha value is -3.42. The van der Waals surface area contributed by atoms with Crippen LogP contribution in [0.1, 0.15) is 17.3 Å². The molecule has 3 amide bonds. The maximum atomic E-state index is 13.7. The van der Waals surface area contributed by atoms with Gasteiger partial charge in [-0.05, 0) is 18.2 Å². The van der Waals surface area contributed by atoms with Crippen molar-refractivity contribution in [2.75, 3.05) is 22.6 Å². The highest BCUT2D eigenvalue weighted by Gasteiger charge is 2.22. The number of benzene rings is 2. The summed E-state index contributed by atoms with van der Waals surface area (Å²) in [5, 5.41) is 7.61. The average Bonchev–Trinajstić information content (AvgIpc) is 2.53. The third-order valence-electron chi connectivity index (χ3n) is 3.37. The summed E-state index contributed by atoms with van der Waals surface area (Å²) < 4.78 is 19.0. The Morgan fingerprint density at radius 2 is 2.00 bits per heavy atom. The van der Waals surface area contributed by atoms with Crippen molar-refractivity contribution in [1.82, 2.24) is 0 Å². The molecule has 0 spiro atoms. The van der Waals surface area contributed by atoms with Gasteiger partial charge in [0.2, 0.25) is 5.91 Å². The molecule has 128 valence electrons. The first-order valence-electron chi connectivity index (χ1n) is 7.37. The van der Waals surface area contributed by atoms with Gasteiger partial charge in [-0.25, -0.2) is 4.39 Å². The summed E-state index contributed by atoms with van der Waals surface area (Å²) in [7, 11) is 0. The zero-order valence-electron chi connectivity index (χ0n) is 13.2. The number of carbonyl (C=O) groups is 3. The van der Waals surface area contributed by atoms with Crippen LogP contribution in [-0.4, -0.2) is 24.3 Å². The van der Waals surface area contributed by atoms with E-state index >= 15 is 0 Å². The minimum Gasteiger partial charge on any atom is -0.479 e. The predicted octanol–water partition coefficient (Wildman–Crippen LogP) is 2.37. The van der Waals surface area contributed by atoms with Gasteiger partial charge in [-0.3, -0.25) is 14.4 Å². The van der Waals surface area contributed by atoms with Crippen molar-refractivity contribution in [3.05, 3.63) is 47.8 Å². The Morgan fingerprint density at radius 3 is 2.76 bits per heavy atom. The van der Waals surface area contributed by atoms with Gasteiger partial charge in [0.05, 0.1) is 11.4 Å². The van der Waals surface area contributed by atoms with Gasteiger partial charge in [-0.1, -0.05) is 6.07 Å². The monoisotopic (exact) mass is 343 g/mol. The molecule has 1 aliphatic rings. The van der Waals surface area contributed by atoms with E-state index in [9.17, 15) is 18.8 Å². The van der Waals surface area contributed by atoms with Gasteiger partial charge in [0.15, 0.2) is 12.4 Å². The maximum Gasteiger partial charge on any atom is 0.262 e. The predicted molar refractivity (Wildman–Crippen MR) is 89.2 cm³/mol. The van der Waals surface area contributed by atoms with E-state index in [-0.39, 0.29) is 35.2 Å². The van der Waals surface area contributed by atoms with E-state index in [2.05, 4.69) is 16.0 Å². The lowest BCUT2D eigenvalue weighted by atomic mass is 10.1. The number of fused-ring (bicyclic) bond motifs is 1. The SMILES string of the molecule is CC(=O)Nc1cccc(C(=O)Nc2cc(F)cc3c2OCC(=O)N3)c1. The van der Waals surface area contributed by atoms with Crippen LogP contribution in [0, 0.1) is 5.82 Å². The van der Waals surface area contributed by atoms with Crippen molar-refractivity contribution in [3.8, 4) is 5.75 Å². The lowest BCUT2D eigenvalue weighted by Crippen LogP contribution is -2.26. The van der Waals surface area contributed by atoms with Crippen molar-refractivity contribution in [2.45, 2.75) is 6.92 Å². The van der Waals surface area contributed by atoms with Crippen LogP contribution in [0.25, 0.3) is 0 Å². The molecule has 0 bridgehead atoms. The Kier molecular flexibility index (Phi) is 4.34. The van der Waals surface area contributed by atoms with Gasteiger partial charge in [0.1, 0.15) is 5.82 Å². The summed E-state index contributed by atoms with van der Waals surface area (Å²) in [5.41, 5.74) is 0.984. The zero-order valence-corrected chi connectivity index (χ0v) is 13.2. The Morgan fingerprint density at radius 1 is 1.20 bits per heavy atom. The zero-order chi connectivity index (χ0) is 18.0. The maximum absolute atomic E-state index is 13.7. The fourth-order valence-electron chi connectivity index (χ4n) is 2.39. The normalized spacial score (nSPS) is 12.5. The summed E-state index contributed by atoms with van der Waals surface area (Å²) in [5.74, 6) is -1.63. The molecule has 2 aromatic rings. The summed E-state index contributed by atoms with van der Waals surface area (Å²) in [6, 6.07) is 8.50. The molecule has 1 heterocycles. The molecule has 0 saturated heterocycles. The van der Waals surface area contributed by atoms with Gasteiger partial charge in [-0.2, -0.15) is 0 Å². The molecule has 0 fully saturated rings. The largest absolute Gasteiger partial charge is 0.479 e. The molecule has 0 saturated carbocycles. The lowest BCUT2D eigenvalue weighted by molar-refractivity contribution is -0.118. The first-order valence-corrected chi connectivity index (χ1v) is 7.37. The van der Waals surface area contributed by atoms with Crippen LogP contribution in [-0.2, 0) is 9.59 Å². The molecular formula is C17H14FN3O4. The third kappa shape index (κ3) is 3.74. The van der Waals surface area contributed by atoms with E-state index in [4.69, 9.17) is 4.74 Å². The van der Waals surface area contributed by atoms with Gasteiger partial charge in [0, 0.05) is 30.3 Å². The van der Waals surface area contributed by atoms with Crippen LogP contribution < -0.4 is 20.7 Å². The quantitative estimate of drug-likeness (QED) is 0.797. The Balaban J connectivity index is 1.86. The summed E-state index contributed by atoms with van der Waals surface area (Å²) in [6.07, 6.45) is 0. The van der Waals surface area contributed by atoms with E-state index in [1.54, 1.807) is 18.2 Å². The van der Waals surface area contributed by atoms with E-state index in [0.717, 1.165) is 12.1 Å². The number of carbonyl (C=O) groups excluding carboxylic acids is 3. The molecule has 3 rings (SSSR count). The number of hydrogen-bond acceptors (Lipinski definition) is 4. The molecular weight excluding hydrogens is 329 g/mol. The van der Waals surface area contributed by atoms with Gasteiger partial charge < -0.3 is 20.7 Å². The van der Waals surface area contributed by atoms with Crippen LogP contribution >= 0.6 is 0 Å². The number of ether oxygens (including phenoxy) is 1. The Labute approximate surface area is 142 Å². The third-order valence-corrected chi connectivity index (χ3v) is 3.37. The van der Waals surface area contributed by atoms with Crippen molar-refractivity contribution in [3.63, 3.8) is 0 Å². The van der Waals surface area contributed by atoms with Crippen molar-refractivity contribution in [1.29, 1.82) is 0 Å². The van der Waals surface area contributed by atoms with Crippen molar-refractivity contribution in [2.24, 2.45) is 0 Å². The summed E-state index contributed by atoms with van der Waals surface area (Å²) >= 11 is 0. The number of anilines is 3. The highest BCUT2D eigenvalue weighted by Crippen LogP contribution is 2.37. The van der Waals surface area contributed by atoms with Crippen molar-refractivity contribution < 1.29 is 23.5 Å². The smallest absolute Gasteiger partial charge is 0.262 e. The van der Waals surface area contributed by atoms with Gasteiger partial charge >= 0.3 is 0 Å². The van der Waals surface area contributed by atoms with Crippen LogP contribution in [0.5, 0.6) is 5.75 Å². The Bertz CT molecular complexity index is 882. The second-order valence-corrected chi connectivity index (χ2v) is 5.38. The average molecular weight is 343 g/mol. The van der Waals surface area contributed by atoms with E-state index in [1.165, 1.54) is 13.0 Å². The highest BCUT2D eigenvalue weighted by atomic mass is 19.1. The summed E-state index contributed by atoms with van der Waals surface area (Å²) in [6.45, 7) is 1.14. The summed E-state index contributed by atoms with van der Waals surface area (Å²) in [4.78, 5) is 34.9. The first kappa shape index (κ1) is 16.4. The molecule has 25 heavy (non-hydrogen) atoms. The van der Waals surface area contributed by atoms with Crippen LogP contribution in [0.15, 0.2) is 36.4 Å². The van der Waals surface area contributed by atoms with Crippen molar-refractivity contribution >= 4 is 34.8 Å². The first-order chi connectivity index (χ1) is 11.9. The molecule has 3 N–H and O–H groups in total. The molecule has 7 nitrogen and oxygen atoms in total. The number of rotatable bonds is 3. The molecule has 1 aliphatic heterocycles. The number of nitrogens with one attached hydrogen (secondary N) is 3. The second-order valence-electron chi connectivity index (χ2n) is 5.38. The van der Waals surface area contributed by atoms with Gasteiger partial charge in [-0.15, -0.1) is 0 Å². The molecule has 0 unspecified atom stereocenters. The fourth-order valence-corrected chi connectivity index (χ4v) is 2.39. The number of amides is 3. The van der Waals surface area contributed by atoms with Crippen LogP contribution in [0.3, 0.4) is 0 Å². The minimum absolute atomic E-state index is 0.102. The van der Waals surface area contributed by atoms with E-state index in [1.807, 2.05) is 0 Å². The second kappa shape index (κ2) is 6.60. The van der Waals surface area contributed by atoms with Gasteiger partial charge in [0.25, 0.3) is 11.8 Å². The fraction of sp³-hybridized carbons (Fsp3) is 0.118. The number of halogens is 1. The van der Waals surface area contributed by atoms with E-state index < -0.39 is 17.6 Å². The van der Waals surface area contributed by atoms with Crippen LogP contribution in [0.4, 0.5) is 21.5 Å². The lowest BCUT2D eigenvalue weighted by Gasteiger charge is -2.21. The minimum atomic E-state index is -0.633. The van der Waals surface area contributed by atoms with E-state index in [0.29, 0.717) is 5.69 Å². The number of hydrogen-bond donors (Lipinski definition) is 3. The molecule has 8 heteroatoms. The van der Waals surface area contributed by atoms with Crippen LogP contribution in [0.2, 0.25) is 0 Å².